The third kappa shape index (κ3) is 5.21. The van der Waals surface area contributed by atoms with Crippen LogP contribution in [0.1, 0.15) is 5.56 Å². The summed E-state index contributed by atoms with van der Waals surface area (Å²) in [5.41, 5.74) is 1.96. The van der Waals surface area contributed by atoms with Crippen LogP contribution in [0.4, 0.5) is 17.1 Å². The first-order valence-corrected chi connectivity index (χ1v) is 11.5. The van der Waals surface area contributed by atoms with Gasteiger partial charge in [-0.15, -0.1) is 0 Å². The Balaban J connectivity index is 1.84. The second kappa shape index (κ2) is 8.28. The van der Waals surface area contributed by atoms with E-state index in [2.05, 4.69) is 10.2 Å². The zero-order valence-electron chi connectivity index (χ0n) is 14.9. The molecule has 0 amide bonds. The molecular formula is C18H21N3O4S2. The minimum absolute atomic E-state index is 0.0878. The van der Waals surface area contributed by atoms with Crippen LogP contribution in [0.2, 0.25) is 0 Å². The molecule has 0 aliphatic carbocycles. The summed E-state index contributed by atoms with van der Waals surface area (Å²) in [7, 11) is -3.62. The van der Waals surface area contributed by atoms with Crippen LogP contribution < -0.4 is 5.32 Å². The van der Waals surface area contributed by atoms with E-state index in [1.165, 1.54) is 12.1 Å². The Morgan fingerprint density at radius 2 is 1.93 bits per heavy atom. The van der Waals surface area contributed by atoms with Crippen molar-refractivity contribution in [3.8, 4) is 0 Å². The molecule has 2 aromatic carbocycles. The monoisotopic (exact) mass is 407 g/mol. The molecule has 3 rings (SSSR count). The van der Waals surface area contributed by atoms with E-state index in [1.54, 1.807) is 0 Å². The van der Waals surface area contributed by atoms with E-state index in [0.717, 1.165) is 54.7 Å². The molecule has 1 saturated heterocycles. The first kappa shape index (κ1) is 19.7. The highest BCUT2D eigenvalue weighted by atomic mass is 32.2. The molecule has 9 heteroatoms. The van der Waals surface area contributed by atoms with Gasteiger partial charge in [-0.3, -0.25) is 15.0 Å². The molecule has 144 valence electrons. The lowest BCUT2D eigenvalue weighted by atomic mass is 10.1. The molecule has 0 atom stereocenters. The highest BCUT2D eigenvalue weighted by Gasteiger charge is 2.19. The average molecular weight is 408 g/mol. The predicted octanol–water partition coefficient (Wildman–Crippen LogP) is 3.29. The molecule has 0 radical (unpaired) electrons. The fourth-order valence-corrected chi connectivity index (χ4v) is 4.79. The van der Waals surface area contributed by atoms with E-state index < -0.39 is 14.8 Å². The molecule has 1 aliphatic rings. The van der Waals surface area contributed by atoms with Crippen molar-refractivity contribution in [2.24, 2.45) is 0 Å². The average Bonchev–Trinajstić information content (AvgIpc) is 2.62. The van der Waals surface area contributed by atoms with Gasteiger partial charge in [0.05, 0.1) is 15.5 Å². The largest absolute Gasteiger partial charge is 0.354 e. The van der Waals surface area contributed by atoms with Crippen LogP contribution in [0.15, 0.2) is 47.4 Å². The number of non-ortho nitro benzene ring substituents is 1. The van der Waals surface area contributed by atoms with Gasteiger partial charge < -0.3 is 5.32 Å². The maximum atomic E-state index is 12.1. The number of hydrogen-bond donors (Lipinski definition) is 1. The summed E-state index contributed by atoms with van der Waals surface area (Å²) in [4.78, 5) is 12.7. The summed E-state index contributed by atoms with van der Waals surface area (Å²) in [6, 6.07) is 11.6. The maximum absolute atomic E-state index is 12.1. The van der Waals surface area contributed by atoms with E-state index in [4.69, 9.17) is 0 Å². The van der Waals surface area contributed by atoms with Crippen LogP contribution in [0, 0.1) is 10.1 Å². The zero-order chi connectivity index (χ0) is 19.4. The number of benzene rings is 2. The third-order valence-electron chi connectivity index (χ3n) is 4.29. The Morgan fingerprint density at radius 3 is 2.59 bits per heavy atom. The molecule has 0 saturated carbocycles. The van der Waals surface area contributed by atoms with Gasteiger partial charge in [0.15, 0.2) is 9.84 Å². The molecule has 2 aromatic rings. The smallest absolute Gasteiger partial charge is 0.270 e. The Hall–Kier alpha value is -2.10. The lowest BCUT2D eigenvalue weighted by molar-refractivity contribution is -0.385. The van der Waals surface area contributed by atoms with E-state index in [1.807, 2.05) is 36.0 Å². The molecule has 1 fully saturated rings. The first-order chi connectivity index (χ1) is 12.8. The molecule has 0 bridgehead atoms. The van der Waals surface area contributed by atoms with Crippen molar-refractivity contribution in [1.82, 2.24) is 4.90 Å². The fourth-order valence-electron chi connectivity index (χ4n) is 2.96. The van der Waals surface area contributed by atoms with Crippen LogP contribution in [-0.2, 0) is 16.4 Å². The van der Waals surface area contributed by atoms with Crippen LogP contribution in [0.5, 0.6) is 0 Å². The number of nitrogens with zero attached hydrogens (tertiary/aromatic N) is 2. The zero-order valence-corrected chi connectivity index (χ0v) is 16.6. The predicted molar refractivity (Wildman–Crippen MR) is 109 cm³/mol. The Labute approximate surface area is 162 Å². The number of rotatable bonds is 6. The van der Waals surface area contributed by atoms with Crippen molar-refractivity contribution < 1.29 is 13.3 Å². The quantitative estimate of drug-likeness (QED) is 0.580. The summed E-state index contributed by atoms with van der Waals surface area (Å²) >= 11 is 1.96. The number of nitro groups is 1. The van der Waals surface area contributed by atoms with Gasteiger partial charge in [0.2, 0.25) is 0 Å². The highest BCUT2D eigenvalue weighted by molar-refractivity contribution is 7.99. The first-order valence-electron chi connectivity index (χ1n) is 8.47. The van der Waals surface area contributed by atoms with Gasteiger partial charge in [0.1, 0.15) is 0 Å². The molecule has 1 N–H and O–H groups in total. The molecule has 1 heterocycles. The minimum Gasteiger partial charge on any atom is -0.354 e. The molecule has 0 aromatic heterocycles. The van der Waals surface area contributed by atoms with Gasteiger partial charge in [-0.25, -0.2) is 8.42 Å². The van der Waals surface area contributed by atoms with Gasteiger partial charge in [-0.1, -0.05) is 12.1 Å². The minimum atomic E-state index is -3.62. The molecule has 0 spiro atoms. The second-order valence-corrected chi connectivity index (χ2v) is 9.63. The van der Waals surface area contributed by atoms with Crippen molar-refractivity contribution in [1.29, 1.82) is 0 Å². The van der Waals surface area contributed by atoms with Crippen LogP contribution >= 0.6 is 11.8 Å². The summed E-state index contributed by atoms with van der Waals surface area (Å²) in [5, 5.41) is 14.1. The Morgan fingerprint density at radius 1 is 1.19 bits per heavy atom. The summed E-state index contributed by atoms with van der Waals surface area (Å²) < 4.78 is 24.2. The summed E-state index contributed by atoms with van der Waals surface area (Å²) in [6.07, 6.45) is 1.04. The third-order valence-corrected chi connectivity index (χ3v) is 6.37. The lowest BCUT2D eigenvalue weighted by Crippen LogP contribution is -2.31. The normalized spacial score (nSPS) is 15.4. The van der Waals surface area contributed by atoms with Crippen LogP contribution in [0.25, 0.3) is 0 Å². The van der Waals surface area contributed by atoms with Gasteiger partial charge >= 0.3 is 0 Å². The molecular weight excluding hydrogens is 386 g/mol. The summed E-state index contributed by atoms with van der Waals surface area (Å²) in [5.74, 6) is 2.27. The van der Waals surface area contributed by atoms with Crippen molar-refractivity contribution in [2.75, 3.05) is 36.2 Å². The standard InChI is InChI=1S/C18H21N3O4S2/c1-27(24,25)18-12-16(21(22)23)5-6-17(18)19-15-4-2-3-14(11-15)13-20-7-9-26-10-8-20/h2-6,11-12,19H,7-10,13H2,1H3. The number of nitrogens with one attached hydrogen (secondary N) is 1. The molecule has 7 nitrogen and oxygen atoms in total. The Bertz CT molecular complexity index is 941. The molecule has 27 heavy (non-hydrogen) atoms. The number of thioether (sulfide) groups is 1. The molecule has 0 unspecified atom stereocenters. The SMILES string of the molecule is CS(=O)(=O)c1cc([N+](=O)[O-])ccc1Nc1cccc(CN2CCSCC2)c1. The van der Waals surface area contributed by atoms with Crippen LogP contribution in [-0.4, -0.2) is 49.1 Å². The molecule has 1 aliphatic heterocycles. The number of nitro benzene ring substituents is 1. The van der Waals surface area contributed by atoms with Gasteiger partial charge in [-0.2, -0.15) is 11.8 Å². The van der Waals surface area contributed by atoms with E-state index in [-0.39, 0.29) is 10.6 Å². The van der Waals surface area contributed by atoms with Crippen molar-refractivity contribution >= 4 is 38.7 Å². The van der Waals surface area contributed by atoms with Crippen molar-refractivity contribution in [2.45, 2.75) is 11.4 Å². The summed E-state index contributed by atoms with van der Waals surface area (Å²) in [6.45, 7) is 2.96. The number of hydrogen-bond acceptors (Lipinski definition) is 7. The van der Waals surface area contributed by atoms with Crippen molar-refractivity contribution in [3.05, 3.63) is 58.1 Å². The lowest BCUT2D eigenvalue weighted by Gasteiger charge is -2.26. The highest BCUT2D eigenvalue weighted by Crippen LogP contribution is 2.29. The maximum Gasteiger partial charge on any atom is 0.270 e. The van der Waals surface area contributed by atoms with Crippen LogP contribution in [0.3, 0.4) is 0 Å². The van der Waals surface area contributed by atoms with Crippen molar-refractivity contribution in [3.63, 3.8) is 0 Å². The second-order valence-electron chi connectivity index (χ2n) is 6.42. The number of anilines is 2. The van der Waals surface area contributed by atoms with Gasteiger partial charge in [0.25, 0.3) is 5.69 Å². The van der Waals surface area contributed by atoms with E-state index in [0.29, 0.717) is 5.69 Å². The fraction of sp³-hybridized carbons (Fsp3) is 0.333. The Kier molecular flexibility index (Phi) is 6.03. The van der Waals surface area contributed by atoms with Gasteiger partial charge in [-0.05, 0) is 23.8 Å². The van der Waals surface area contributed by atoms with E-state index >= 15 is 0 Å². The topological polar surface area (TPSA) is 92.5 Å². The van der Waals surface area contributed by atoms with Gasteiger partial charge in [0, 0.05) is 55.2 Å². The number of sulfone groups is 1. The van der Waals surface area contributed by atoms with E-state index in [9.17, 15) is 18.5 Å².